The van der Waals surface area contributed by atoms with E-state index in [1.807, 2.05) is 6.92 Å². The molecule has 0 bridgehead atoms. The maximum absolute atomic E-state index is 13.0. The van der Waals surface area contributed by atoms with Crippen LogP contribution in [-0.4, -0.2) is 62.3 Å². The molecule has 0 spiro atoms. The number of hydrogen-bond acceptors (Lipinski definition) is 4. The fraction of sp³-hybridized carbons (Fsp3) is 0.632. The zero-order valence-corrected chi connectivity index (χ0v) is 16.3. The summed E-state index contributed by atoms with van der Waals surface area (Å²) in [6.07, 6.45) is 5.13. The molecule has 1 amide bonds. The Morgan fingerprint density at radius 3 is 2.46 bits per heavy atom. The fourth-order valence-corrected chi connectivity index (χ4v) is 5.26. The van der Waals surface area contributed by atoms with Gasteiger partial charge >= 0.3 is 0 Å². The molecular formula is C19H29N3O3S. The van der Waals surface area contributed by atoms with E-state index in [1.165, 1.54) is 6.42 Å². The molecule has 1 atom stereocenters. The summed E-state index contributed by atoms with van der Waals surface area (Å²) in [5, 5.41) is 3.31. The summed E-state index contributed by atoms with van der Waals surface area (Å²) in [6.45, 7) is 5.22. The van der Waals surface area contributed by atoms with E-state index in [0.29, 0.717) is 31.7 Å². The number of rotatable bonds is 3. The molecule has 1 N–H and O–H groups in total. The van der Waals surface area contributed by atoms with Crippen molar-refractivity contribution < 1.29 is 13.2 Å². The van der Waals surface area contributed by atoms with Crippen molar-refractivity contribution in [3.8, 4) is 0 Å². The second kappa shape index (κ2) is 8.50. The van der Waals surface area contributed by atoms with Crippen molar-refractivity contribution in [1.82, 2.24) is 14.5 Å². The van der Waals surface area contributed by atoms with Crippen molar-refractivity contribution in [2.24, 2.45) is 0 Å². The van der Waals surface area contributed by atoms with Gasteiger partial charge in [0, 0.05) is 44.3 Å². The Kier molecular flexibility index (Phi) is 6.32. The van der Waals surface area contributed by atoms with Crippen molar-refractivity contribution in [2.45, 2.75) is 50.0 Å². The number of nitrogens with one attached hydrogen (secondary N) is 1. The molecule has 7 heteroatoms. The lowest BCUT2D eigenvalue weighted by molar-refractivity contribution is 0.0709. The van der Waals surface area contributed by atoms with Crippen LogP contribution < -0.4 is 5.32 Å². The van der Waals surface area contributed by atoms with E-state index < -0.39 is 10.0 Å². The molecular weight excluding hydrogens is 350 g/mol. The molecule has 144 valence electrons. The lowest BCUT2D eigenvalue weighted by atomic mass is 10.1. The molecule has 0 radical (unpaired) electrons. The van der Waals surface area contributed by atoms with E-state index >= 15 is 0 Å². The molecule has 0 aliphatic carbocycles. The van der Waals surface area contributed by atoms with Gasteiger partial charge in [0.05, 0.1) is 4.90 Å². The number of hydrogen-bond donors (Lipinski definition) is 1. The summed E-state index contributed by atoms with van der Waals surface area (Å²) >= 11 is 0. The monoisotopic (exact) mass is 379 g/mol. The van der Waals surface area contributed by atoms with E-state index in [0.717, 1.165) is 32.2 Å². The number of benzene rings is 1. The zero-order chi connectivity index (χ0) is 18.6. The summed E-state index contributed by atoms with van der Waals surface area (Å²) in [4.78, 5) is 14.8. The minimum absolute atomic E-state index is 0.0944. The van der Waals surface area contributed by atoms with E-state index in [1.54, 1.807) is 33.5 Å². The number of sulfonamides is 1. The highest BCUT2D eigenvalue weighted by Crippen LogP contribution is 2.21. The van der Waals surface area contributed by atoms with Gasteiger partial charge in [-0.2, -0.15) is 4.31 Å². The van der Waals surface area contributed by atoms with Crippen LogP contribution >= 0.6 is 0 Å². The normalized spacial score (nSPS) is 23.3. The molecule has 2 aliphatic heterocycles. The Balaban J connectivity index is 1.80. The second-order valence-electron chi connectivity index (χ2n) is 7.31. The van der Waals surface area contributed by atoms with Crippen LogP contribution in [0.5, 0.6) is 0 Å². The molecule has 0 aromatic heterocycles. The molecule has 2 heterocycles. The molecule has 26 heavy (non-hydrogen) atoms. The number of carbonyl (C=O) groups excluding carboxylic acids is 1. The van der Waals surface area contributed by atoms with Crippen LogP contribution in [0.25, 0.3) is 0 Å². The predicted molar refractivity (Wildman–Crippen MR) is 102 cm³/mol. The number of piperazine rings is 1. The molecule has 2 saturated heterocycles. The summed E-state index contributed by atoms with van der Waals surface area (Å²) in [6, 6.07) is 6.78. The topological polar surface area (TPSA) is 69.7 Å². The van der Waals surface area contributed by atoms with Gasteiger partial charge in [-0.15, -0.1) is 0 Å². The highest BCUT2D eigenvalue weighted by molar-refractivity contribution is 7.89. The first kappa shape index (κ1) is 19.3. The van der Waals surface area contributed by atoms with Gasteiger partial charge < -0.3 is 10.2 Å². The van der Waals surface area contributed by atoms with Crippen LogP contribution in [0.15, 0.2) is 29.2 Å². The van der Waals surface area contributed by atoms with Gasteiger partial charge in [0.15, 0.2) is 0 Å². The Hall–Kier alpha value is -1.44. The van der Waals surface area contributed by atoms with Crippen molar-refractivity contribution in [3.05, 3.63) is 29.8 Å². The van der Waals surface area contributed by atoms with Gasteiger partial charge in [-0.05, 0) is 38.0 Å². The molecule has 2 fully saturated rings. The third kappa shape index (κ3) is 4.45. The van der Waals surface area contributed by atoms with Crippen LogP contribution in [0.1, 0.15) is 49.4 Å². The quantitative estimate of drug-likeness (QED) is 0.873. The van der Waals surface area contributed by atoms with Crippen LogP contribution in [-0.2, 0) is 10.0 Å². The SMILES string of the molecule is C[C@@H]1CN(C(=O)c2cccc(S(=O)(=O)N3CCCCCCC3)c2)CCN1. The lowest BCUT2D eigenvalue weighted by Gasteiger charge is -2.32. The van der Waals surface area contributed by atoms with Crippen molar-refractivity contribution in [1.29, 1.82) is 0 Å². The number of carbonyl (C=O) groups is 1. The molecule has 1 aromatic carbocycles. The van der Waals surface area contributed by atoms with E-state index in [-0.39, 0.29) is 16.8 Å². The standard InChI is InChI=1S/C19H29N3O3S/c1-16-15-21(13-10-20-16)19(23)17-8-7-9-18(14-17)26(24,25)22-11-5-3-2-4-6-12-22/h7-9,14,16,20H,2-6,10-13,15H2,1H3/t16-/m1/s1. The van der Waals surface area contributed by atoms with Gasteiger partial charge in [0.25, 0.3) is 5.91 Å². The van der Waals surface area contributed by atoms with Crippen molar-refractivity contribution >= 4 is 15.9 Å². The summed E-state index contributed by atoms with van der Waals surface area (Å²) < 4.78 is 27.7. The van der Waals surface area contributed by atoms with Gasteiger partial charge in [0.1, 0.15) is 0 Å². The minimum atomic E-state index is -3.55. The summed E-state index contributed by atoms with van der Waals surface area (Å²) in [5.74, 6) is -0.0944. The van der Waals surface area contributed by atoms with Gasteiger partial charge in [0.2, 0.25) is 10.0 Å². The maximum atomic E-state index is 13.0. The van der Waals surface area contributed by atoms with Crippen LogP contribution in [0.4, 0.5) is 0 Å². The van der Waals surface area contributed by atoms with Crippen LogP contribution in [0, 0.1) is 0 Å². The minimum Gasteiger partial charge on any atom is -0.336 e. The maximum Gasteiger partial charge on any atom is 0.253 e. The van der Waals surface area contributed by atoms with Gasteiger partial charge in [-0.25, -0.2) is 8.42 Å². The molecule has 6 nitrogen and oxygen atoms in total. The third-order valence-electron chi connectivity index (χ3n) is 5.19. The largest absolute Gasteiger partial charge is 0.336 e. The smallest absolute Gasteiger partial charge is 0.253 e. The third-order valence-corrected chi connectivity index (χ3v) is 7.08. The summed E-state index contributed by atoms with van der Waals surface area (Å²) in [5.41, 5.74) is 0.451. The van der Waals surface area contributed by atoms with Crippen LogP contribution in [0.2, 0.25) is 0 Å². The zero-order valence-electron chi connectivity index (χ0n) is 15.5. The number of amides is 1. The Bertz CT molecular complexity index is 727. The second-order valence-corrected chi connectivity index (χ2v) is 9.24. The highest BCUT2D eigenvalue weighted by Gasteiger charge is 2.27. The first-order chi connectivity index (χ1) is 12.5. The van der Waals surface area contributed by atoms with Gasteiger partial charge in [-0.3, -0.25) is 4.79 Å². The highest BCUT2D eigenvalue weighted by atomic mass is 32.2. The molecule has 3 rings (SSSR count). The van der Waals surface area contributed by atoms with Gasteiger partial charge in [-0.1, -0.05) is 25.3 Å². The van der Waals surface area contributed by atoms with Crippen molar-refractivity contribution in [2.75, 3.05) is 32.7 Å². The average Bonchev–Trinajstić information content (AvgIpc) is 2.60. The van der Waals surface area contributed by atoms with E-state index in [2.05, 4.69) is 5.32 Å². The Morgan fingerprint density at radius 2 is 1.77 bits per heavy atom. The lowest BCUT2D eigenvalue weighted by Crippen LogP contribution is -2.51. The molecule has 0 saturated carbocycles. The van der Waals surface area contributed by atoms with Crippen molar-refractivity contribution in [3.63, 3.8) is 0 Å². The van der Waals surface area contributed by atoms with E-state index in [9.17, 15) is 13.2 Å². The van der Waals surface area contributed by atoms with E-state index in [4.69, 9.17) is 0 Å². The first-order valence-corrected chi connectivity index (χ1v) is 11.1. The summed E-state index contributed by atoms with van der Waals surface area (Å²) in [7, 11) is -3.55. The average molecular weight is 380 g/mol. The predicted octanol–water partition coefficient (Wildman–Crippen LogP) is 2.08. The Labute approximate surface area is 156 Å². The number of nitrogens with zero attached hydrogens (tertiary/aromatic N) is 2. The molecule has 2 aliphatic rings. The fourth-order valence-electron chi connectivity index (χ4n) is 3.70. The molecule has 0 unspecified atom stereocenters. The Morgan fingerprint density at radius 1 is 1.08 bits per heavy atom. The van der Waals surface area contributed by atoms with Crippen LogP contribution in [0.3, 0.4) is 0 Å². The first-order valence-electron chi connectivity index (χ1n) is 9.61. The molecule has 1 aromatic rings.